The minimum atomic E-state index is 0.213. The Morgan fingerprint density at radius 2 is 1.85 bits per heavy atom. The Balaban J connectivity index is 2.89. The first-order valence-electron chi connectivity index (χ1n) is 10.3. The van der Waals surface area contributed by atoms with E-state index >= 15 is 0 Å². The van der Waals surface area contributed by atoms with Crippen LogP contribution in [-0.4, -0.2) is 18.5 Å². The molecule has 0 aliphatic carbocycles. The molecule has 0 aromatic heterocycles. The van der Waals surface area contributed by atoms with Gasteiger partial charge < -0.3 is 14.6 Å². The van der Waals surface area contributed by atoms with Gasteiger partial charge in [-0.25, -0.2) is 0 Å². The first-order valence-corrected chi connectivity index (χ1v) is 10.3. The summed E-state index contributed by atoms with van der Waals surface area (Å²) in [5.74, 6) is 1.06. The van der Waals surface area contributed by atoms with Crippen LogP contribution in [0.3, 0.4) is 0 Å². The van der Waals surface area contributed by atoms with Gasteiger partial charge in [-0.15, -0.1) is 0 Å². The second-order valence-electron chi connectivity index (χ2n) is 7.38. The molecule has 0 saturated heterocycles. The Bertz CT molecular complexity index is 610. The van der Waals surface area contributed by atoms with E-state index < -0.39 is 0 Å². The topological polar surface area (TPSA) is 38.7 Å². The first-order chi connectivity index (χ1) is 13.0. The summed E-state index contributed by atoms with van der Waals surface area (Å²) in [6.45, 7) is 11.4. The summed E-state index contributed by atoms with van der Waals surface area (Å²) in [5, 5.41) is 10.6. The summed E-state index contributed by atoms with van der Waals surface area (Å²) in [7, 11) is 0. The fourth-order valence-corrected chi connectivity index (χ4v) is 2.90. The van der Waals surface area contributed by atoms with E-state index in [0.29, 0.717) is 18.8 Å². The fourth-order valence-electron chi connectivity index (χ4n) is 2.90. The molecule has 27 heavy (non-hydrogen) atoms. The number of unbranched alkanes of at least 4 members (excludes halogenated alkanes) is 2. The Labute approximate surface area is 166 Å². The van der Waals surface area contributed by atoms with Gasteiger partial charge in [-0.05, 0) is 77.5 Å². The second kappa shape index (κ2) is 13.4. The zero-order valence-electron chi connectivity index (χ0n) is 17.9. The summed E-state index contributed by atoms with van der Waals surface area (Å²) in [6, 6.07) is 3.96. The number of hydrogen-bond donors (Lipinski definition) is 1. The molecule has 0 radical (unpaired) electrons. The number of phenols is 1. The van der Waals surface area contributed by atoms with Crippen LogP contribution in [0.1, 0.15) is 77.8 Å². The molecule has 0 atom stereocenters. The number of ether oxygens (including phenoxy) is 2. The molecule has 3 nitrogen and oxygen atoms in total. The maximum atomic E-state index is 10.6. The van der Waals surface area contributed by atoms with Crippen LogP contribution in [-0.2, 0) is 17.6 Å². The number of allylic oxidation sites excluding steroid dienone is 4. The molecule has 0 aliphatic rings. The lowest BCUT2D eigenvalue weighted by molar-refractivity contribution is 0.0217. The van der Waals surface area contributed by atoms with E-state index in [0.717, 1.165) is 42.6 Å². The van der Waals surface area contributed by atoms with E-state index in [1.54, 1.807) is 0 Å². The van der Waals surface area contributed by atoms with Crippen molar-refractivity contribution in [3.05, 3.63) is 46.6 Å². The molecule has 0 heterocycles. The lowest BCUT2D eigenvalue weighted by Crippen LogP contribution is -2.05. The number of aryl methyl sites for hydroxylation is 1. The number of rotatable bonds is 13. The minimum absolute atomic E-state index is 0.213. The van der Waals surface area contributed by atoms with Crippen molar-refractivity contribution in [3.8, 4) is 11.5 Å². The molecule has 1 aromatic carbocycles. The summed E-state index contributed by atoms with van der Waals surface area (Å²) in [5.41, 5.74) is 4.65. The van der Waals surface area contributed by atoms with E-state index in [2.05, 4.69) is 45.9 Å². The van der Waals surface area contributed by atoms with Gasteiger partial charge in [-0.2, -0.15) is 0 Å². The molecular weight excluding hydrogens is 336 g/mol. The van der Waals surface area contributed by atoms with Crippen molar-refractivity contribution in [3.63, 3.8) is 0 Å². The SMILES string of the molecule is CCCCCc1cc(O)c(CC=C(C)CCC=C(C)C)c(OCOCC)c1. The van der Waals surface area contributed by atoms with Crippen LogP contribution in [0.2, 0.25) is 0 Å². The maximum Gasteiger partial charge on any atom is 0.189 e. The Morgan fingerprint density at radius 3 is 2.52 bits per heavy atom. The smallest absolute Gasteiger partial charge is 0.189 e. The van der Waals surface area contributed by atoms with E-state index in [1.165, 1.54) is 24.0 Å². The first kappa shape index (κ1) is 23.3. The molecule has 0 saturated carbocycles. The standard InChI is InChI=1S/C24H38O3/c1-6-8-9-13-21-16-23(25)22(24(17-21)27-18-26-7-2)15-14-20(5)12-10-11-19(3)4/h11,14,16-17,25H,6-10,12-13,15,18H2,1-5H3. The summed E-state index contributed by atoms with van der Waals surface area (Å²) >= 11 is 0. The average Bonchev–Trinajstić information content (AvgIpc) is 2.61. The average molecular weight is 375 g/mol. The van der Waals surface area contributed by atoms with Gasteiger partial charge in [0.1, 0.15) is 11.5 Å². The molecule has 1 rings (SSSR count). The third-order valence-corrected chi connectivity index (χ3v) is 4.56. The summed E-state index contributed by atoms with van der Waals surface area (Å²) in [4.78, 5) is 0. The van der Waals surface area contributed by atoms with Crippen molar-refractivity contribution >= 4 is 0 Å². The zero-order chi connectivity index (χ0) is 20.1. The van der Waals surface area contributed by atoms with Crippen LogP contribution in [0, 0.1) is 0 Å². The van der Waals surface area contributed by atoms with Gasteiger partial charge in [0.25, 0.3) is 0 Å². The van der Waals surface area contributed by atoms with Gasteiger partial charge in [0.15, 0.2) is 6.79 Å². The van der Waals surface area contributed by atoms with Crippen LogP contribution >= 0.6 is 0 Å². The molecule has 3 heteroatoms. The van der Waals surface area contributed by atoms with Crippen LogP contribution in [0.15, 0.2) is 35.4 Å². The van der Waals surface area contributed by atoms with Crippen LogP contribution in [0.25, 0.3) is 0 Å². The molecule has 152 valence electrons. The highest BCUT2D eigenvalue weighted by Gasteiger charge is 2.11. The van der Waals surface area contributed by atoms with Crippen LogP contribution in [0.4, 0.5) is 0 Å². The van der Waals surface area contributed by atoms with Gasteiger partial charge in [0.2, 0.25) is 0 Å². The third kappa shape index (κ3) is 9.67. The van der Waals surface area contributed by atoms with Crippen molar-refractivity contribution in [2.45, 2.75) is 79.6 Å². The van der Waals surface area contributed by atoms with Crippen molar-refractivity contribution in [1.82, 2.24) is 0 Å². The van der Waals surface area contributed by atoms with Crippen molar-refractivity contribution in [1.29, 1.82) is 0 Å². The molecule has 1 aromatic rings. The summed E-state index contributed by atoms with van der Waals surface area (Å²) < 4.78 is 11.2. The van der Waals surface area contributed by atoms with Gasteiger partial charge >= 0.3 is 0 Å². The van der Waals surface area contributed by atoms with E-state index in [9.17, 15) is 5.11 Å². The lowest BCUT2D eigenvalue weighted by atomic mass is 10.0. The highest BCUT2D eigenvalue weighted by atomic mass is 16.7. The second-order valence-corrected chi connectivity index (χ2v) is 7.38. The lowest BCUT2D eigenvalue weighted by Gasteiger charge is -2.15. The number of phenolic OH excluding ortho intramolecular Hbond substituents is 1. The number of benzene rings is 1. The molecule has 0 fully saturated rings. The molecule has 0 spiro atoms. The Morgan fingerprint density at radius 1 is 1.07 bits per heavy atom. The van der Waals surface area contributed by atoms with Crippen molar-refractivity contribution in [2.75, 3.05) is 13.4 Å². The molecule has 1 N–H and O–H groups in total. The molecule has 0 amide bonds. The Kier molecular flexibility index (Phi) is 11.6. The highest BCUT2D eigenvalue weighted by molar-refractivity contribution is 5.48. The third-order valence-electron chi connectivity index (χ3n) is 4.56. The van der Waals surface area contributed by atoms with E-state index in [1.807, 2.05) is 13.0 Å². The van der Waals surface area contributed by atoms with Crippen molar-refractivity contribution in [2.24, 2.45) is 0 Å². The van der Waals surface area contributed by atoms with Gasteiger partial charge in [-0.3, -0.25) is 0 Å². The van der Waals surface area contributed by atoms with Gasteiger partial charge in [0.05, 0.1) is 0 Å². The quantitative estimate of drug-likeness (QED) is 0.236. The van der Waals surface area contributed by atoms with E-state index in [4.69, 9.17) is 9.47 Å². The monoisotopic (exact) mass is 374 g/mol. The van der Waals surface area contributed by atoms with Gasteiger partial charge in [0, 0.05) is 12.2 Å². The highest BCUT2D eigenvalue weighted by Crippen LogP contribution is 2.32. The Hall–Kier alpha value is -1.74. The molecule has 0 bridgehead atoms. The van der Waals surface area contributed by atoms with Gasteiger partial charge in [-0.1, -0.05) is 43.1 Å². The predicted octanol–water partition coefficient (Wildman–Crippen LogP) is 6.73. The largest absolute Gasteiger partial charge is 0.508 e. The molecule has 0 unspecified atom stereocenters. The number of hydrogen-bond acceptors (Lipinski definition) is 3. The zero-order valence-corrected chi connectivity index (χ0v) is 17.9. The minimum Gasteiger partial charge on any atom is -0.508 e. The van der Waals surface area contributed by atoms with Crippen LogP contribution < -0.4 is 4.74 Å². The van der Waals surface area contributed by atoms with Crippen LogP contribution in [0.5, 0.6) is 11.5 Å². The molecular formula is C24H38O3. The predicted molar refractivity (Wildman–Crippen MR) is 115 cm³/mol. The van der Waals surface area contributed by atoms with E-state index in [-0.39, 0.29) is 6.79 Å². The maximum absolute atomic E-state index is 10.6. The number of aromatic hydroxyl groups is 1. The normalized spacial score (nSPS) is 11.5. The van der Waals surface area contributed by atoms with Crippen molar-refractivity contribution < 1.29 is 14.6 Å². The fraction of sp³-hybridized carbons (Fsp3) is 0.583. The summed E-state index contributed by atoms with van der Waals surface area (Å²) in [6.07, 6.45) is 11.7. The molecule has 0 aliphatic heterocycles.